The molecule has 0 heterocycles. The number of methoxy groups -OCH3 is 2. The molecule has 0 radical (unpaired) electrons. The van der Waals surface area contributed by atoms with Gasteiger partial charge in [-0.15, -0.1) is 0 Å². The van der Waals surface area contributed by atoms with Gasteiger partial charge < -0.3 is 20.1 Å². The minimum atomic E-state index is -1.06. The fourth-order valence-electron chi connectivity index (χ4n) is 2.71. The summed E-state index contributed by atoms with van der Waals surface area (Å²) in [5.74, 6) is -1.26. The molecule has 0 saturated carbocycles. The molecule has 0 aliphatic rings. The van der Waals surface area contributed by atoms with Gasteiger partial charge in [0.2, 0.25) is 0 Å². The van der Waals surface area contributed by atoms with E-state index in [1.54, 1.807) is 26.4 Å². The Morgan fingerprint density at radius 2 is 1.52 bits per heavy atom. The predicted octanol–water partition coefficient (Wildman–Crippen LogP) is 4.85. The third-order valence-corrected chi connectivity index (χ3v) is 4.27. The van der Waals surface area contributed by atoms with Crippen molar-refractivity contribution in [3.05, 3.63) is 83.4 Å². The summed E-state index contributed by atoms with van der Waals surface area (Å²) >= 11 is 0. The number of benzene rings is 3. The van der Waals surface area contributed by atoms with E-state index in [0.29, 0.717) is 23.7 Å². The smallest absolute Gasteiger partial charge is 0.255 e. The fourth-order valence-corrected chi connectivity index (χ4v) is 2.71. The van der Waals surface area contributed by atoms with Crippen molar-refractivity contribution in [1.29, 1.82) is 0 Å². The van der Waals surface area contributed by atoms with Crippen LogP contribution in [0.4, 0.5) is 20.2 Å². The van der Waals surface area contributed by atoms with Crippen LogP contribution in [0.2, 0.25) is 0 Å². The molecule has 0 bridgehead atoms. The summed E-state index contributed by atoms with van der Waals surface area (Å²) < 4.78 is 36.8. The fraction of sp³-hybridized carbons (Fsp3) is 0.136. The van der Waals surface area contributed by atoms with Gasteiger partial charge in [-0.1, -0.05) is 6.07 Å². The topological polar surface area (TPSA) is 59.6 Å². The number of hydrogen-bond acceptors (Lipinski definition) is 4. The van der Waals surface area contributed by atoms with Gasteiger partial charge in [0, 0.05) is 23.5 Å². The molecule has 7 heteroatoms. The van der Waals surface area contributed by atoms with Crippen LogP contribution in [0, 0.1) is 11.6 Å². The van der Waals surface area contributed by atoms with Gasteiger partial charge in [-0.2, -0.15) is 0 Å². The maximum Gasteiger partial charge on any atom is 0.255 e. The first kappa shape index (κ1) is 20.1. The molecular weight excluding hydrogens is 378 g/mol. The van der Waals surface area contributed by atoms with Crippen molar-refractivity contribution in [2.75, 3.05) is 24.9 Å². The SMILES string of the molecule is COc1ccc(CNc2ccc(NC(=O)c3ccc(F)c(F)c3)cc2)cc1OC. The molecular formula is C22H20F2N2O3. The molecule has 0 unspecified atom stereocenters. The first-order valence-corrected chi connectivity index (χ1v) is 8.81. The van der Waals surface area contributed by atoms with Gasteiger partial charge in [-0.3, -0.25) is 4.79 Å². The van der Waals surface area contributed by atoms with Crippen molar-refractivity contribution in [3.8, 4) is 11.5 Å². The van der Waals surface area contributed by atoms with Gasteiger partial charge in [0.05, 0.1) is 14.2 Å². The van der Waals surface area contributed by atoms with Crippen molar-refractivity contribution in [2.45, 2.75) is 6.54 Å². The lowest BCUT2D eigenvalue weighted by Gasteiger charge is -2.11. The van der Waals surface area contributed by atoms with Crippen molar-refractivity contribution >= 4 is 17.3 Å². The highest BCUT2D eigenvalue weighted by Crippen LogP contribution is 2.28. The Balaban J connectivity index is 1.60. The molecule has 3 rings (SSSR count). The molecule has 0 atom stereocenters. The highest BCUT2D eigenvalue weighted by molar-refractivity contribution is 6.04. The van der Waals surface area contributed by atoms with Gasteiger partial charge in [0.15, 0.2) is 23.1 Å². The summed E-state index contributed by atoms with van der Waals surface area (Å²) in [5.41, 5.74) is 2.44. The average molecular weight is 398 g/mol. The minimum absolute atomic E-state index is 0.0413. The van der Waals surface area contributed by atoms with E-state index in [0.717, 1.165) is 23.4 Å². The van der Waals surface area contributed by atoms with Crippen LogP contribution in [0.1, 0.15) is 15.9 Å². The number of carbonyl (C=O) groups excluding carboxylic acids is 1. The highest BCUT2D eigenvalue weighted by atomic mass is 19.2. The van der Waals surface area contributed by atoms with Crippen LogP contribution in [0.3, 0.4) is 0 Å². The molecule has 2 N–H and O–H groups in total. The molecule has 0 saturated heterocycles. The largest absolute Gasteiger partial charge is 0.493 e. The van der Waals surface area contributed by atoms with Crippen molar-refractivity contribution in [1.82, 2.24) is 0 Å². The zero-order valence-electron chi connectivity index (χ0n) is 16.0. The number of nitrogens with one attached hydrogen (secondary N) is 2. The van der Waals surface area contributed by atoms with Crippen LogP contribution >= 0.6 is 0 Å². The van der Waals surface area contributed by atoms with E-state index in [9.17, 15) is 13.6 Å². The summed E-state index contributed by atoms with van der Waals surface area (Å²) in [5, 5.41) is 5.92. The zero-order chi connectivity index (χ0) is 20.8. The second-order valence-electron chi connectivity index (χ2n) is 6.20. The molecule has 29 heavy (non-hydrogen) atoms. The Morgan fingerprint density at radius 1 is 0.828 bits per heavy atom. The van der Waals surface area contributed by atoms with Crippen LogP contribution in [0.25, 0.3) is 0 Å². The molecule has 0 fully saturated rings. The number of hydrogen-bond donors (Lipinski definition) is 2. The summed E-state index contributed by atoms with van der Waals surface area (Å²) in [7, 11) is 3.17. The number of carbonyl (C=O) groups is 1. The Kier molecular flexibility index (Phi) is 6.29. The normalized spacial score (nSPS) is 10.3. The second-order valence-corrected chi connectivity index (χ2v) is 6.20. The lowest BCUT2D eigenvalue weighted by Crippen LogP contribution is -2.12. The second kappa shape index (κ2) is 9.05. The molecule has 3 aromatic rings. The van der Waals surface area contributed by atoms with Crippen molar-refractivity contribution in [3.63, 3.8) is 0 Å². The van der Waals surface area contributed by atoms with Crippen LogP contribution < -0.4 is 20.1 Å². The van der Waals surface area contributed by atoms with Gasteiger partial charge in [0.25, 0.3) is 5.91 Å². The number of amides is 1. The molecule has 0 aliphatic heterocycles. The van der Waals surface area contributed by atoms with E-state index in [2.05, 4.69) is 10.6 Å². The third kappa shape index (κ3) is 5.01. The van der Waals surface area contributed by atoms with Gasteiger partial charge in [-0.25, -0.2) is 8.78 Å². The van der Waals surface area contributed by atoms with Crippen molar-refractivity contribution < 1.29 is 23.0 Å². The first-order valence-electron chi connectivity index (χ1n) is 8.81. The van der Waals surface area contributed by atoms with Crippen LogP contribution in [-0.4, -0.2) is 20.1 Å². The predicted molar refractivity (Wildman–Crippen MR) is 108 cm³/mol. The number of ether oxygens (including phenoxy) is 2. The number of rotatable bonds is 7. The average Bonchev–Trinajstić information content (AvgIpc) is 2.74. The van der Waals surface area contributed by atoms with Crippen LogP contribution in [0.5, 0.6) is 11.5 Å². The molecule has 3 aromatic carbocycles. The van der Waals surface area contributed by atoms with Gasteiger partial charge in [0.1, 0.15) is 0 Å². The minimum Gasteiger partial charge on any atom is -0.493 e. The Labute approximate surface area is 167 Å². The molecule has 150 valence electrons. The summed E-state index contributed by atoms with van der Waals surface area (Å²) in [4.78, 5) is 12.1. The Bertz CT molecular complexity index is 1010. The summed E-state index contributed by atoms with van der Waals surface area (Å²) in [6, 6.07) is 15.7. The summed E-state index contributed by atoms with van der Waals surface area (Å²) in [6.45, 7) is 0.570. The molecule has 0 aliphatic carbocycles. The van der Waals surface area contributed by atoms with Gasteiger partial charge >= 0.3 is 0 Å². The molecule has 0 spiro atoms. The van der Waals surface area contributed by atoms with E-state index in [-0.39, 0.29) is 5.56 Å². The van der Waals surface area contributed by atoms with Crippen LogP contribution in [0.15, 0.2) is 60.7 Å². The zero-order valence-corrected chi connectivity index (χ0v) is 16.0. The maximum atomic E-state index is 13.3. The van der Waals surface area contributed by atoms with E-state index in [1.807, 2.05) is 30.3 Å². The molecule has 5 nitrogen and oxygen atoms in total. The van der Waals surface area contributed by atoms with E-state index in [1.165, 1.54) is 6.07 Å². The van der Waals surface area contributed by atoms with E-state index >= 15 is 0 Å². The molecule has 1 amide bonds. The first-order chi connectivity index (χ1) is 14.0. The molecule has 0 aromatic heterocycles. The Morgan fingerprint density at radius 3 is 2.17 bits per heavy atom. The standard InChI is InChI=1S/C22H20F2N2O3/c1-28-20-10-3-14(11-21(20)29-2)13-25-16-5-7-17(8-6-16)26-22(27)15-4-9-18(23)19(24)12-15/h3-12,25H,13H2,1-2H3,(H,26,27). The monoisotopic (exact) mass is 398 g/mol. The number of halogens is 2. The summed E-state index contributed by atoms with van der Waals surface area (Å²) in [6.07, 6.45) is 0. The number of anilines is 2. The lowest BCUT2D eigenvalue weighted by molar-refractivity contribution is 0.102. The third-order valence-electron chi connectivity index (χ3n) is 4.27. The Hall–Kier alpha value is -3.61. The van der Waals surface area contributed by atoms with Crippen molar-refractivity contribution in [2.24, 2.45) is 0 Å². The van der Waals surface area contributed by atoms with E-state index in [4.69, 9.17) is 9.47 Å². The highest BCUT2D eigenvalue weighted by Gasteiger charge is 2.10. The lowest BCUT2D eigenvalue weighted by atomic mass is 10.2. The van der Waals surface area contributed by atoms with Gasteiger partial charge in [-0.05, 0) is 60.2 Å². The quantitative estimate of drug-likeness (QED) is 0.598. The van der Waals surface area contributed by atoms with E-state index < -0.39 is 17.5 Å². The van der Waals surface area contributed by atoms with Crippen LogP contribution in [-0.2, 0) is 6.54 Å². The maximum absolute atomic E-state index is 13.3.